The monoisotopic (exact) mass is 406 g/mol. The molecule has 0 amide bonds. The maximum absolute atomic E-state index is 11.9. The Morgan fingerprint density at radius 3 is 2.74 bits per heavy atom. The molecule has 2 aliphatic heterocycles. The van der Waals surface area contributed by atoms with E-state index in [-0.39, 0.29) is 5.41 Å². The minimum atomic E-state index is -1.27. The fourth-order valence-electron chi connectivity index (χ4n) is 4.32. The fourth-order valence-corrected chi connectivity index (χ4v) is 5.38. The molecule has 2 fully saturated rings. The summed E-state index contributed by atoms with van der Waals surface area (Å²) in [5.41, 5.74) is 3.29. The lowest BCUT2D eigenvalue weighted by molar-refractivity contribution is 0.236. The average molecular weight is 407 g/mol. The van der Waals surface area contributed by atoms with Crippen LogP contribution in [0, 0.1) is 10.8 Å². The number of halogens is 1. The summed E-state index contributed by atoms with van der Waals surface area (Å²) in [6, 6.07) is 5.87. The second-order valence-corrected chi connectivity index (χ2v) is 9.04. The summed E-state index contributed by atoms with van der Waals surface area (Å²) in [6.45, 7) is 3.54. The van der Waals surface area contributed by atoms with Crippen LogP contribution in [0.4, 0.5) is 5.69 Å². The predicted octanol–water partition coefficient (Wildman–Crippen LogP) is 3.46. The van der Waals surface area contributed by atoms with Crippen molar-refractivity contribution in [1.82, 2.24) is 9.29 Å². The van der Waals surface area contributed by atoms with Crippen LogP contribution in [0.15, 0.2) is 24.4 Å². The highest BCUT2D eigenvalue weighted by molar-refractivity contribution is 7.96. The second-order valence-electron chi connectivity index (χ2n) is 7.33. The highest BCUT2D eigenvalue weighted by atomic mass is 35.5. The van der Waals surface area contributed by atoms with Gasteiger partial charge in [-0.05, 0) is 36.8 Å². The minimum Gasteiger partial charge on any atom is -0.495 e. The van der Waals surface area contributed by atoms with Crippen LogP contribution in [0.2, 0.25) is 5.02 Å². The molecule has 1 aromatic heterocycles. The summed E-state index contributed by atoms with van der Waals surface area (Å²) in [6.07, 6.45) is 5.01. The van der Waals surface area contributed by atoms with Gasteiger partial charge < -0.3 is 9.64 Å². The van der Waals surface area contributed by atoms with E-state index < -0.39 is 11.0 Å². The SMILES string of the molecule is COc1cc2nccc(N3CCC4(CC3)CCN(S(=O)C=N)C4)c2cc1Cl. The first-order valence-electron chi connectivity index (χ1n) is 9.09. The fraction of sp³-hybridized carbons (Fsp3) is 0.474. The number of nitrogens with one attached hydrogen (secondary N) is 1. The Morgan fingerprint density at radius 1 is 1.30 bits per heavy atom. The molecule has 1 spiro atoms. The lowest BCUT2D eigenvalue weighted by atomic mass is 9.77. The zero-order valence-corrected chi connectivity index (χ0v) is 16.9. The zero-order chi connectivity index (χ0) is 19.0. The Hall–Kier alpha value is -1.70. The van der Waals surface area contributed by atoms with Gasteiger partial charge >= 0.3 is 0 Å². The number of rotatable bonds is 4. The molecule has 1 N–H and O–H groups in total. The molecule has 27 heavy (non-hydrogen) atoms. The molecule has 6 nitrogen and oxygen atoms in total. The quantitative estimate of drug-likeness (QED) is 0.623. The standard InChI is InChI=1S/C19H23ClN4O2S/c1-26-18-11-16-14(10-15(18)20)17(2-6-22-16)23-7-3-19(4-8-23)5-9-24(12-19)27(25)13-21/h2,6,10-11,13,21H,3-5,7-9,12H2,1H3. The smallest absolute Gasteiger partial charge is 0.139 e. The molecular weight excluding hydrogens is 384 g/mol. The van der Waals surface area contributed by atoms with Gasteiger partial charge in [-0.25, -0.2) is 8.51 Å². The number of benzene rings is 1. The highest BCUT2D eigenvalue weighted by Gasteiger charge is 2.42. The number of methoxy groups -OCH3 is 1. The Bertz CT molecular complexity index is 899. The minimum absolute atomic E-state index is 0.221. The third-order valence-corrected chi connectivity index (χ3v) is 7.23. The van der Waals surface area contributed by atoms with Crippen molar-refractivity contribution in [3.8, 4) is 5.75 Å². The van der Waals surface area contributed by atoms with E-state index in [1.54, 1.807) is 7.11 Å². The lowest BCUT2D eigenvalue weighted by Gasteiger charge is -2.40. The van der Waals surface area contributed by atoms with Crippen molar-refractivity contribution < 1.29 is 8.95 Å². The predicted molar refractivity (Wildman–Crippen MR) is 110 cm³/mol. The number of pyridine rings is 1. The molecule has 1 atom stereocenters. The van der Waals surface area contributed by atoms with Crippen molar-refractivity contribution in [2.75, 3.05) is 38.2 Å². The van der Waals surface area contributed by atoms with Crippen molar-refractivity contribution in [2.24, 2.45) is 5.41 Å². The first-order valence-corrected chi connectivity index (χ1v) is 10.6. The van der Waals surface area contributed by atoms with Crippen molar-refractivity contribution in [3.05, 3.63) is 29.4 Å². The van der Waals surface area contributed by atoms with E-state index in [2.05, 4.69) is 9.88 Å². The maximum atomic E-state index is 11.9. The number of ether oxygens (including phenoxy) is 1. The van der Waals surface area contributed by atoms with Crippen molar-refractivity contribution in [3.63, 3.8) is 0 Å². The third-order valence-electron chi connectivity index (χ3n) is 5.92. The second kappa shape index (κ2) is 7.37. The van der Waals surface area contributed by atoms with Gasteiger partial charge in [-0.2, -0.15) is 0 Å². The number of fused-ring (bicyclic) bond motifs is 1. The largest absolute Gasteiger partial charge is 0.495 e. The van der Waals surface area contributed by atoms with Crippen LogP contribution in [-0.2, 0) is 11.0 Å². The van der Waals surface area contributed by atoms with Crippen LogP contribution in [0.5, 0.6) is 5.75 Å². The molecule has 3 heterocycles. The van der Waals surface area contributed by atoms with Crippen LogP contribution in [0.3, 0.4) is 0 Å². The van der Waals surface area contributed by atoms with Gasteiger partial charge in [0.05, 0.1) is 23.2 Å². The van der Waals surface area contributed by atoms with Gasteiger partial charge in [0.25, 0.3) is 0 Å². The number of hydrogen-bond acceptors (Lipinski definition) is 5. The van der Waals surface area contributed by atoms with Gasteiger partial charge in [-0.3, -0.25) is 10.4 Å². The van der Waals surface area contributed by atoms with Gasteiger partial charge in [0.1, 0.15) is 16.7 Å². The summed E-state index contributed by atoms with van der Waals surface area (Å²) in [7, 11) is 0.336. The number of piperidine rings is 1. The molecule has 8 heteroatoms. The van der Waals surface area contributed by atoms with Gasteiger partial charge in [0.15, 0.2) is 0 Å². The van der Waals surface area contributed by atoms with Crippen LogP contribution < -0.4 is 9.64 Å². The molecule has 2 saturated heterocycles. The van der Waals surface area contributed by atoms with Gasteiger partial charge in [0, 0.05) is 49.5 Å². The van der Waals surface area contributed by atoms with Gasteiger partial charge in [-0.1, -0.05) is 11.6 Å². The van der Waals surface area contributed by atoms with Crippen molar-refractivity contribution >= 4 is 44.7 Å². The van der Waals surface area contributed by atoms with Gasteiger partial charge in [-0.15, -0.1) is 0 Å². The van der Waals surface area contributed by atoms with E-state index in [0.29, 0.717) is 10.8 Å². The van der Waals surface area contributed by atoms with E-state index in [1.165, 1.54) is 0 Å². The highest BCUT2D eigenvalue weighted by Crippen LogP contribution is 2.43. The molecule has 0 bridgehead atoms. The summed E-state index contributed by atoms with van der Waals surface area (Å²) in [5.74, 6) is 0.636. The Balaban J connectivity index is 1.54. The van der Waals surface area contributed by atoms with E-state index >= 15 is 0 Å². The number of anilines is 1. The topological polar surface area (TPSA) is 69.5 Å². The zero-order valence-electron chi connectivity index (χ0n) is 15.3. The average Bonchev–Trinajstić information content (AvgIpc) is 3.11. The number of aromatic nitrogens is 1. The van der Waals surface area contributed by atoms with E-state index in [9.17, 15) is 4.21 Å². The summed E-state index contributed by atoms with van der Waals surface area (Å²) in [5, 5.41) is 8.87. The Morgan fingerprint density at radius 2 is 2.04 bits per heavy atom. The van der Waals surface area contributed by atoms with Crippen molar-refractivity contribution in [1.29, 1.82) is 5.41 Å². The Kier molecular flexibility index (Phi) is 5.09. The number of hydrogen-bond donors (Lipinski definition) is 1. The normalized spacial score (nSPS) is 20.9. The third kappa shape index (κ3) is 3.44. The summed E-state index contributed by atoms with van der Waals surface area (Å²) >= 11 is 6.35. The molecule has 1 unspecified atom stereocenters. The first kappa shape index (κ1) is 18.7. The lowest BCUT2D eigenvalue weighted by Crippen LogP contribution is -2.42. The molecule has 1 aromatic carbocycles. The van der Waals surface area contributed by atoms with Crippen molar-refractivity contribution in [2.45, 2.75) is 19.3 Å². The van der Waals surface area contributed by atoms with Crippen LogP contribution in [0.1, 0.15) is 19.3 Å². The molecule has 4 rings (SSSR count). The molecule has 0 saturated carbocycles. The summed E-state index contributed by atoms with van der Waals surface area (Å²) in [4.78, 5) is 6.87. The number of nitrogens with zero attached hydrogens (tertiary/aromatic N) is 3. The molecule has 144 valence electrons. The van der Waals surface area contributed by atoms with E-state index in [4.69, 9.17) is 21.7 Å². The van der Waals surface area contributed by atoms with E-state index in [1.807, 2.05) is 28.7 Å². The maximum Gasteiger partial charge on any atom is 0.139 e. The van der Waals surface area contributed by atoms with Crippen LogP contribution in [-0.4, -0.2) is 52.3 Å². The van der Waals surface area contributed by atoms with Crippen LogP contribution in [0.25, 0.3) is 10.9 Å². The Labute approximate surface area is 166 Å². The molecule has 2 aromatic rings. The molecule has 0 aliphatic carbocycles. The van der Waals surface area contributed by atoms with E-state index in [0.717, 1.165) is 67.6 Å². The first-order chi connectivity index (χ1) is 13.0. The molecule has 0 radical (unpaired) electrons. The summed E-state index contributed by atoms with van der Waals surface area (Å²) < 4.78 is 19.1. The molecular formula is C19H23ClN4O2S. The molecule has 2 aliphatic rings. The van der Waals surface area contributed by atoms with Gasteiger partial charge in [0.2, 0.25) is 0 Å². The van der Waals surface area contributed by atoms with Crippen LogP contribution >= 0.6 is 11.6 Å².